The Labute approximate surface area is 132 Å². The number of amides is 2. The van der Waals surface area contributed by atoms with Crippen molar-refractivity contribution in [3.8, 4) is 0 Å². The van der Waals surface area contributed by atoms with Gasteiger partial charge in [-0.05, 0) is 49.9 Å². The summed E-state index contributed by atoms with van der Waals surface area (Å²) in [4.78, 5) is 23.7. The van der Waals surface area contributed by atoms with Crippen molar-refractivity contribution in [1.82, 2.24) is 5.32 Å². The number of aliphatic hydroxyl groups is 1. The predicted octanol–water partition coefficient (Wildman–Crippen LogP) is 2.16. The minimum Gasteiger partial charge on any atom is -0.388 e. The highest BCUT2D eigenvalue weighted by Gasteiger charge is 2.28. The molecule has 22 heavy (non-hydrogen) atoms. The van der Waals surface area contributed by atoms with E-state index in [0.29, 0.717) is 5.69 Å². The van der Waals surface area contributed by atoms with E-state index >= 15 is 0 Å². The molecule has 1 aromatic carbocycles. The molecule has 0 saturated heterocycles. The lowest BCUT2D eigenvalue weighted by atomic mass is 9.89. The van der Waals surface area contributed by atoms with E-state index in [0.717, 1.165) is 17.5 Å². The van der Waals surface area contributed by atoms with Crippen LogP contribution in [0.25, 0.3) is 0 Å². The Hall–Kier alpha value is -1.88. The molecule has 0 aromatic heterocycles. The zero-order chi connectivity index (χ0) is 16.9. The van der Waals surface area contributed by atoms with E-state index in [-0.39, 0.29) is 12.5 Å². The van der Waals surface area contributed by atoms with Crippen molar-refractivity contribution in [3.63, 3.8) is 0 Å². The molecule has 5 heteroatoms. The maximum absolute atomic E-state index is 11.9. The summed E-state index contributed by atoms with van der Waals surface area (Å²) in [5, 5.41) is 15.3. The summed E-state index contributed by atoms with van der Waals surface area (Å²) in [6.07, 6.45) is 0.789. The van der Waals surface area contributed by atoms with Gasteiger partial charge in [-0.1, -0.05) is 26.3 Å². The monoisotopic (exact) mass is 306 g/mol. The van der Waals surface area contributed by atoms with Gasteiger partial charge >= 0.3 is 11.8 Å². The fourth-order valence-electron chi connectivity index (χ4n) is 2.19. The van der Waals surface area contributed by atoms with Gasteiger partial charge in [-0.3, -0.25) is 9.59 Å². The van der Waals surface area contributed by atoms with E-state index in [1.807, 2.05) is 33.8 Å². The van der Waals surface area contributed by atoms with Crippen LogP contribution < -0.4 is 10.6 Å². The predicted molar refractivity (Wildman–Crippen MR) is 87.6 cm³/mol. The number of nitrogens with one attached hydrogen (secondary N) is 2. The van der Waals surface area contributed by atoms with Gasteiger partial charge in [0.05, 0.1) is 5.60 Å². The molecule has 2 amide bonds. The van der Waals surface area contributed by atoms with Crippen LogP contribution >= 0.6 is 0 Å². The van der Waals surface area contributed by atoms with Crippen molar-refractivity contribution in [3.05, 3.63) is 29.3 Å². The SMILES string of the molecule is CC[C@H](C)[C@@](C)(O)CNC(=O)C(=O)Nc1cc(C)cc(C)c1. The molecule has 0 unspecified atom stereocenters. The first-order valence-corrected chi connectivity index (χ1v) is 7.55. The largest absolute Gasteiger partial charge is 0.388 e. The third-order valence-electron chi connectivity index (χ3n) is 3.97. The molecule has 0 bridgehead atoms. The molecular formula is C17H26N2O3. The first-order valence-electron chi connectivity index (χ1n) is 7.55. The van der Waals surface area contributed by atoms with Crippen LogP contribution in [0.3, 0.4) is 0 Å². The smallest absolute Gasteiger partial charge is 0.313 e. The minimum atomic E-state index is -1.04. The van der Waals surface area contributed by atoms with Gasteiger partial charge in [-0.25, -0.2) is 0 Å². The third kappa shape index (κ3) is 5.15. The fourth-order valence-corrected chi connectivity index (χ4v) is 2.19. The average molecular weight is 306 g/mol. The second kappa shape index (κ2) is 7.40. The fraction of sp³-hybridized carbons (Fsp3) is 0.529. The number of aryl methyl sites for hydroxylation is 2. The van der Waals surface area contributed by atoms with Crippen LogP contribution in [-0.2, 0) is 9.59 Å². The summed E-state index contributed by atoms with van der Waals surface area (Å²) in [6, 6.07) is 5.58. The summed E-state index contributed by atoms with van der Waals surface area (Å²) < 4.78 is 0. The number of rotatable bonds is 5. The Morgan fingerprint density at radius 1 is 1.18 bits per heavy atom. The van der Waals surface area contributed by atoms with E-state index in [2.05, 4.69) is 10.6 Å². The molecule has 1 rings (SSSR count). The second-order valence-electron chi connectivity index (χ2n) is 6.18. The van der Waals surface area contributed by atoms with Gasteiger partial charge in [0.25, 0.3) is 0 Å². The van der Waals surface area contributed by atoms with Crippen LogP contribution in [0.1, 0.15) is 38.3 Å². The highest BCUT2D eigenvalue weighted by atomic mass is 16.3. The number of carbonyl (C=O) groups excluding carboxylic acids is 2. The summed E-state index contributed by atoms with van der Waals surface area (Å²) in [5.74, 6) is -1.46. The number of hydrogen-bond acceptors (Lipinski definition) is 3. The van der Waals surface area contributed by atoms with Crippen LogP contribution in [0.2, 0.25) is 0 Å². The molecule has 0 heterocycles. The minimum absolute atomic E-state index is 0.0234. The van der Waals surface area contributed by atoms with Gasteiger partial charge in [0, 0.05) is 12.2 Å². The van der Waals surface area contributed by atoms with Crippen LogP contribution in [0, 0.1) is 19.8 Å². The lowest BCUT2D eigenvalue weighted by Crippen LogP contribution is -2.47. The molecule has 5 nitrogen and oxygen atoms in total. The van der Waals surface area contributed by atoms with Crippen LogP contribution in [-0.4, -0.2) is 29.1 Å². The van der Waals surface area contributed by atoms with Gasteiger partial charge in [-0.2, -0.15) is 0 Å². The van der Waals surface area contributed by atoms with E-state index in [9.17, 15) is 14.7 Å². The second-order valence-corrected chi connectivity index (χ2v) is 6.18. The van der Waals surface area contributed by atoms with Gasteiger partial charge in [0.15, 0.2) is 0 Å². The lowest BCUT2D eigenvalue weighted by molar-refractivity contribution is -0.137. The molecule has 0 aliphatic heterocycles. The molecule has 1 aromatic rings. The van der Waals surface area contributed by atoms with Gasteiger partial charge in [0.2, 0.25) is 0 Å². The van der Waals surface area contributed by atoms with Crippen LogP contribution in [0.15, 0.2) is 18.2 Å². The van der Waals surface area contributed by atoms with Crippen molar-refractivity contribution in [2.45, 2.75) is 46.6 Å². The molecule has 0 aliphatic rings. The van der Waals surface area contributed by atoms with Gasteiger partial charge in [-0.15, -0.1) is 0 Å². The van der Waals surface area contributed by atoms with Gasteiger partial charge < -0.3 is 15.7 Å². The molecule has 3 N–H and O–H groups in total. The van der Waals surface area contributed by atoms with E-state index in [4.69, 9.17) is 0 Å². The molecule has 122 valence electrons. The Morgan fingerprint density at radius 3 is 2.23 bits per heavy atom. The maximum atomic E-state index is 11.9. The molecular weight excluding hydrogens is 280 g/mol. The van der Waals surface area contributed by atoms with Crippen molar-refractivity contribution in [2.75, 3.05) is 11.9 Å². The topological polar surface area (TPSA) is 78.4 Å². The van der Waals surface area contributed by atoms with Gasteiger partial charge in [0.1, 0.15) is 0 Å². The molecule has 2 atom stereocenters. The number of hydrogen-bond donors (Lipinski definition) is 3. The standard InChI is InChI=1S/C17H26N2O3/c1-6-13(4)17(5,22)10-18-15(20)16(21)19-14-8-11(2)7-12(3)9-14/h7-9,13,22H,6,10H2,1-5H3,(H,18,20)(H,19,21)/t13-,17-/m0/s1. The van der Waals surface area contributed by atoms with E-state index in [1.165, 1.54) is 0 Å². The van der Waals surface area contributed by atoms with Crippen LogP contribution in [0.4, 0.5) is 5.69 Å². The first-order chi connectivity index (χ1) is 10.2. The van der Waals surface area contributed by atoms with Crippen molar-refractivity contribution in [2.24, 2.45) is 5.92 Å². The summed E-state index contributed by atoms with van der Waals surface area (Å²) in [7, 11) is 0. The van der Waals surface area contributed by atoms with Crippen molar-refractivity contribution < 1.29 is 14.7 Å². The zero-order valence-corrected chi connectivity index (χ0v) is 14.0. The Kier molecular flexibility index (Phi) is 6.11. The Morgan fingerprint density at radius 2 is 1.73 bits per heavy atom. The molecule has 0 spiro atoms. The van der Waals surface area contributed by atoms with E-state index < -0.39 is 17.4 Å². The van der Waals surface area contributed by atoms with Crippen LogP contribution in [0.5, 0.6) is 0 Å². The normalized spacial score (nSPS) is 14.8. The number of carbonyl (C=O) groups is 2. The third-order valence-corrected chi connectivity index (χ3v) is 3.97. The molecule has 0 saturated carbocycles. The highest BCUT2D eigenvalue weighted by Crippen LogP contribution is 2.18. The zero-order valence-electron chi connectivity index (χ0n) is 14.0. The first kappa shape index (κ1) is 18.2. The molecule has 0 fully saturated rings. The van der Waals surface area contributed by atoms with E-state index in [1.54, 1.807) is 19.1 Å². The quantitative estimate of drug-likeness (QED) is 0.729. The Bertz CT molecular complexity index is 533. The number of benzene rings is 1. The maximum Gasteiger partial charge on any atom is 0.313 e. The lowest BCUT2D eigenvalue weighted by Gasteiger charge is -2.29. The summed E-state index contributed by atoms with van der Waals surface area (Å²) >= 11 is 0. The molecule has 0 radical (unpaired) electrons. The Balaban J connectivity index is 2.61. The van der Waals surface area contributed by atoms with Crippen molar-refractivity contribution in [1.29, 1.82) is 0 Å². The highest BCUT2D eigenvalue weighted by molar-refractivity contribution is 6.39. The molecule has 0 aliphatic carbocycles. The average Bonchev–Trinajstić information content (AvgIpc) is 2.42. The van der Waals surface area contributed by atoms with Crippen molar-refractivity contribution >= 4 is 17.5 Å². The number of anilines is 1. The summed E-state index contributed by atoms with van der Waals surface area (Å²) in [6.45, 7) is 9.41. The summed E-state index contributed by atoms with van der Waals surface area (Å²) in [5.41, 5.74) is 1.57.